The topological polar surface area (TPSA) is 113 Å². The summed E-state index contributed by atoms with van der Waals surface area (Å²) < 4.78 is 15.2. The van der Waals surface area contributed by atoms with E-state index in [1.807, 2.05) is 42.5 Å². The number of fused-ring (bicyclic) bond motifs is 1. The molecule has 0 amide bonds. The van der Waals surface area contributed by atoms with Gasteiger partial charge in [-0.2, -0.15) is 0 Å². The number of esters is 1. The van der Waals surface area contributed by atoms with E-state index in [1.165, 1.54) is 28.0 Å². The molecule has 0 unspecified atom stereocenters. The average molecular weight is 857 g/mol. The van der Waals surface area contributed by atoms with E-state index in [9.17, 15) is 19.7 Å². The first-order valence-corrected chi connectivity index (χ1v) is 17.6. The van der Waals surface area contributed by atoms with Gasteiger partial charge in [0, 0.05) is 32.8 Å². The van der Waals surface area contributed by atoms with Crippen molar-refractivity contribution in [2.24, 2.45) is 4.99 Å². The quantitative estimate of drug-likeness (QED) is 0.0660. The molecule has 0 fully saturated rings. The van der Waals surface area contributed by atoms with Gasteiger partial charge in [-0.25, -0.2) is 9.79 Å². The highest BCUT2D eigenvalue weighted by Gasteiger charge is 2.35. The lowest BCUT2D eigenvalue weighted by atomic mass is 9.93. The molecule has 242 valence electrons. The second kappa shape index (κ2) is 14.6. The van der Waals surface area contributed by atoms with Gasteiger partial charge in [-0.3, -0.25) is 19.5 Å². The predicted molar refractivity (Wildman–Crippen MR) is 197 cm³/mol. The van der Waals surface area contributed by atoms with Crippen LogP contribution in [-0.2, 0) is 16.1 Å². The molecule has 0 N–H and O–H groups in total. The first kappa shape index (κ1) is 33.8. The molecule has 4 aromatic carbocycles. The standard InChI is InChI=1S/C35H24BrClIN3O6S/c1-2-46-34(43)29-30(21-6-4-3-5-7-21)39-35-40(31(29)22-10-12-25(37)13-11-22)33(42)28(48-35)17-23-16-24(36)18-27(38)32(23)47-19-20-8-14-26(15-9-20)41(44)45/h3-18,31H,2,19H2,1H3/b28-17-/t31-/m0/s1. The van der Waals surface area contributed by atoms with Gasteiger partial charge in [-0.05, 0) is 83.1 Å². The highest BCUT2D eigenvalue weighted by Crippen LogP contribution is 2.36. The van der Waals surface area contributed by atoms with Gasteiger partial charge in [0.05, 0.1) is 36.9 Å². The maximum Gasteiger partial charge on any atom is 0.338 e. The SMILES string of the molecule is CCOC(=O)C1=C(c2ccccc2)N=c2s/c(=C\c3cc(Br)cc(I)c3OCc3ccc([N+](=O)[O-])cc3)c(=O)n2[C@H]1c1ccc(Cl)cc1. The largest absolute Gasteiger partial charge is 0.487 e. The Hall–Kier alpha value is -4.11. The van der Waals surface area contributed by atoms with Crippen LogP contribution < -0.4 is 19.6 Å². The van der Waals surface area contributed by atoms with Crippen LogP contribution in [0.15, 0.2) is 111 Å². The molecule has 0 saturated carbocycles. The summed E-state index contributed by atoms with van der Waals surface area (Å²) in [4.78, 5) is 44.0. The van der Waals surface area contributed by atoms with E-state index in [4.69, 9.17) is 26.1 Å². The van der Waals surface area contributed by atoms with Crippen molar-refractivity contribution in [1.82, 2.24) is 4.57 Å². The van der Waals surface area contributed by atoms with Gasteiger partial charge in [0.25, 0.3) is 11.2 Å². The van der Waals surface area contributed by atoms with E-state index in [0.29, 0.717) is 42.5 Å². The van der Waals surface area contributed by atoms with Gasteiger partial charge in [0.2, 0.25) is 0 Å². The number of nitro groups is 1. The van der Waals surface area contributed by atoms with E-state index >= 15 is 0 Å². The summed E-state index contributed by atoms with van der Waals surface area (Å²) >= 11 is 13.2. The lowest BCUT2D eigenvalue weighted by Crippen LogP contribution is -2.40. The lowest BCUT2D eigenvalue weighted by Gasteiger charge is -2.26. The first-order valence-electron chi connectivity index (χ1n) is 14.5. The molecule has 2 heterocycles. The van der Waals surface area contributed by atoms with Gasteiger partial charge in [0.1, 0.15) is 12.4 Å². The fourth-order valence-corrected chi connectivity index (χ4v) is 8.08. The Morgan fingerprint density at radius 1 is 1.10 bits per heavy atom. The normalized spacial score (nSPS) is 14.3. The van der Waals surface area contributed by atoms with Crippen LogP contribution in [-0.4, -0.2) is 22.1 Å². The van der Waals surface area contributed by atoms with Crippen molar-refractivity contribution in [2.45, 2.75) is 19.6 Å². The first-order chi connectivity index (χ1) is 23.1. The molecule has 6 rings (SSSR count). The third kappa shape index (κ3) is 7.02. The van der Waals surface area contributed by atoms with E-state index in [2.05, 4.69) is 38.5 Å². The van der Waals surface area contributed by atoms with Crippen LogP contribution in [0.25, 0.3) is 11.8 Å². The number of halogens is 3. The van der Waals surface area contributed by atoms with E-state index < -0.39 is 16.9 Å². The zero-order chi connectivity index (χ0) is 33.9. The Bertz CT molecular complexity index is 2260. The summed E-state index contributed by atoms with van der Waals surface area (Å²) in [5.41, 5.74) is 3.07. The minimum absolute atomic E-state index is 0.00789. The summed E-state index contributed by atoms with van der Waals surface area (Å²) in [6.45, 7) is 2.03. The Labute approximate surface area is 305 Å². The lowest BCUT2D eigenvalue weighted by molar-refractivity contribution is -0.384. The molecule has 0 radical (unpaired) electrons. The Balaban J connectivity index is 1.52. The molecule has 0 saturated heterocycles. The highest BCUT2D eigenvalue weighted by atomic mass is 127. The minimum Gasteiger partial charge on any atom is -0.487 e. The highest BCUT2D eigenvalue weighted by molar-refractivity contribution is 14.1. The number of hydrogen-bond acceptors (Lipinski definition) is 8. The van der Waals surface area contributed by atoms with Crippen LogP contribution in [0.5, 0.6) is 5.75 Å². The summed E-state index contributed by atoms with van der Waals surface area (Å²) in [5, 5.41) is 11.6. The number of aromatic nitrogens is 1. The summed E-state index contributed by atoms with van der Waals surface area (Å²) in [5.74, 6) is -0.0350. The number of nitro benzene ring substituents is 1. The Kier molecular flexibility index (Phi) is 10.2. The Morgan fingerprint density at radius 3 is 2.48 bits per heavy atom. The molecule has 1 aliphatic rings. The van der Waals surface area contributed by atoms with E-state index in [0.717, 1.165) is 13.6 Å². The molecule has 5 aromatic rings. The molecule has 13 heteroatoms. The van der Waals surface area contributed by atoms with Crippen molar-refractivity contribution in [3.63, 3.8) is 0 Å². The second-order valence-electron chi connectivity index (χ2n) is 10.5. The minimum atomic E-state index is -0.838. The fraction of sp³-hybridized carbons (Fsp3) is 0.114. The summed E-state index contributed by atoms with van der Waals surface area (Å²) in [6.07, 6.45) is 1.75. The number of rotatable bonds is 9. The maximum atomic E-state index is 14.4. The van der Waals surface area contributed by atoms with Gasteiger partial charge < -0.3 is 9.47 Å². The smallest absolute Gasteiger partial charge is 0.338 e. The molecule has 0 spiro atoms. The predicted octanol–water partition coefficient (Wildman–Crippen LogP) is 7.44. The zero-order valence-electron chi connectivity index (χ0n) is 25.1. The van der Waals surface area contributed by atoms with Crippen LogP contribution >= 0.6 is 61.5 Å². The molecular formula is C35H24BrClIN3O6S. The molecule has 0 aliphatic carbocycles. The number of thiazole rings is 1. The number of carbonyl (C=O) groups is 1. The zero-order valence-corrected chi connectivity index (χ0v) is 30.4. The number of ether oxygens (including phenoxy) is 2. The Morgan fingerprint density at radius 2 is 1.81 bits per heavy atom. The molecule has 1 aliphatic heterocycles. The van der Waals surface area contributed by atoms with Crippen molar-refractivity contribution in [3.05, 3.63) is 162 Å². The number of carbonyl (C=O) groups excluding carboxylic acids is 1. The van der Waals surface area contributed by atoms with Gasteiger partial charge in [0.15, 0.2) is 4.80 Å². The molecular weight excluding hydrogens is 833 g/mol. The summed E-state index contributed by atoms with van der Waals surface area (Å²) in [7, 11) is 0. The third-order valence-corrected chi connectivity index (χ3v) is 9.91. The average Bonchev–Trinajstić information content (AvgIpc) is 3.38. The number of hydrogen-bond donors (Lipinski definition) is 0. The molecule has 48 heavy (non-hydrogen) atoms. The van der Waals surface area contributed by atoms with Crippen LogP contribution in [0.2, 0.25) is 5.02 Å². The van der Waals surface area contributed by atoms with Gasteiger partial charge in [-0.1, -0.05) is 81.3 Å². The molecule has 9 nitrogen and oxygen atoms in total. The van der Waals surface area contributed by atoms with Gasteiger partial charge in [-0.15, -0.1) is 0 Å². The van der Waals surface area contributed by atoms with Gasteiger partial charge >= 0.3 is 5.97 Å². The molecule has 0 bridgehead atoms. The maximum absolute atomic E-state index is 14.4. The second-order valence-corrected chi connectivity index (χ2v) is 14.0. The monoisotopic (exact) mass is 855 g/mol. The number of nitrogens with zero attached hydrogens (tertiary/aromatic N) is 3. The van der Waals surface area contributed by atoms with Crippen molar-refractivity contribution in [1.29, 1.82) is 0 Å². The van der Waals surface area contributed by atoms with Crippen LogP contribution in [0.1, 0.15) is 35.2 Å². The number of benzene rings is 4. The number of non-ortho nitro benzene ring substituents is 1. The van der Waals surface area contributed by atoms with Crippen LogP contribution in [0.4, 0.5) is 5.69 Å². The van der Waals surface area contributed by atoms with E-state index in [1.54, 1.807) is 49.4 Å². The third-order valence-electron chi connectivity index (χ3n) is 7.41. The van der Waals surface area contributed by atoms with Crippen molar-refractivity contribution < 1.29 is 19.2 Å². The summed E-state index contributed by atoms with van der Waals surface area (Å²) in [6, 6.07) is 25.4. The van der Waals surface area contributed by atoms with Crippen LogP contribution in [0, 0.1) is 13.7 Å². The van der Waals surface area contributed by atoms with Crippen molar-refractivity contribution in [2.75, 3.05) is 6.61 Å². The fourth-order valence-electron chi connectivity index (χ4n) is 5.25. The van der Waals surface area contributed by atoms with E-state index in [-0.39, 0.29) is 30.0 Å². The van der Waals surface area contributed by atoms with Crippen molar-refractivity contribution >= 4 is 84.9 Å². The van der Waals surface area contributed by atoms with Crippen molar-refractivity contribution in [3.8, 4) is 5.75 Å². The molecule has 1 atom stereocenters. The molecule has 1 aromatic heterocycles. The van der Waals surface area contributed by atoms with Crippen LogP contribution in [0.3, 0.4) is 0 Å².